The van der Waals surface area contributed by atoms with Crippen LogP contribution in [0, 0.1) is 35.5 Å². The summed E-state index contributed by atoms with van der Waals surface area (Å²) in [6, 6.07) is 0.271. The predicted molar refractivity (Wildman–Crippen MR) is 190 cm³/mol. The van der Waals surface area contributed by atoms with Gasteiger partial charge in [0.1, 0.15) is 0 Å². The lowest BCUT2D eigenvalue weighted by atomic mass is 9.65. The Morgan fingerprint density at radius 1 is 0.833 bits per heavy atom. The highest BCUT2D eigenvalue weighted by atomic mass is 16.2. The Hall–Kier alpha value is -3.68. The summed E-state index contributed by atoms with van der Waals surface area (Å²) in [5, 5.41) is 12.6. The van der Waals surface area contributed by atoms with Gasteiger partial charge in [-0.15, -0.1) is 0 Å². The molecular formula is C40H56N4O4. The van der Waals surface area contributed by atoms with E-state index >= 15 is 0 Å². The van der Waals surface area contributed by atoms with Gasteiger partial charge >= 0.3 is 0 Å². The van der Waals surface area contributed by atoms with E-state index in [1.165, 1.54) is 0 Å². The third-order valence-electron chi connectivity index (χ3n) is 11.2. The van der Waals surface area contributed by atoms with Crippen LogP contribution in [0.3, 0.4) is 0 Å². The molecule has 0 spiro atoms. The summed E-state index contributed by atoms with van der Waals surface area (Å²) in [4.78, 5) is 52.1. The molecule has 8 heteroatoms. The zero-order valence-electron chi connectivity index (χ0n) is 29.7. The molecule has 7 unspecified atom stereocenters. The summed E-state index contributed by atoms with van der Waals surface area (Å²) in [6.07, 6.45) is 24.3. The molecule has 0 radical (unpaired) electrons. The van der Waals surface area contributed by atoms with Crippen molar-refractivity contribution in [2.45, 2.75) is 116 Å². The Kier molecular flexibility index (Phi) is 11.0. The summed E-state index contributed by atoms with van der Waals surface area (Å²) in [5.41, 5.74) is 1.69. The number of amides is 4. The van der Waals surface area contributed by atoms with Gasteiger partial charge in [-0.2, -0.15) is 0 Å². The minimum absolute atomic E-state index is 0.0704. The van der Waals surface area contributed by atoms with E-state index in [-0.39, 0.29) is 67.2 Å². The molecule has 5 aliphatic rings. The van der Waals surface area contributed by atoms with Gasteiger partial charge in [0.05, 0.1) is 5.54 Å². The van der Waals surface area contributed by atoms with E-state index < -0.39 is 11.1 Å². The molecule has 4 N–H and O–H groups in total. The molecule has 5 rings (SSSR count). The van der Waals surface area contributed by atoms with Crippen LogP contribution in [0.4, 0.5) is 0 Å². The zero-order chi connectivity index (χ0) is 34.6. The molecule has 0 aromatic rings. The average molecular weight is 657 g/mol. The largest absolute Gasteiger partial charge is 0.353 e. The molecule has 0 aromatic carbocycles. The summed E-state index contributed by atoms with van der Waals surface area (Å²) < 4.78 is 0. The molecule has 1 saturated carbocycles. The van der Waals surface area contributed by atoms with Gasteiger partial charge in [-0.05, 0) is 93.8 Å². The van der Waals surface area contributed by atoms with Crippen molar-refractivity contribution >= 4 is 23.6 Å². The lowest BCUT2D eigenvalue weighted by Crippen LogP contribution is -2.56. The molecule has 5 aliphatic carbocycles. The van der Waals surface area contributed by atoms with Crippen LogP contribution in [0.5, 0.6) is 0 Å². The number of hydrogen-bond acceptors (Lipinski definition) is 4. The first-order chi connectivity index (χ1) is 22.8. The van der Waals surface area contributed by atoms with Crippen LogP contribution in [0.25, 0.3) is 0 Å². The summed E-state index contributed by atoms with van der Waals surface area (Å²) >= 11 is 0. The summed E-state index contributed by atoms with van der Waals surface area (Å²) in [7, 11) is 0. The first-order valence-corrected chi connectivity index (χ1v) is 18.1. The van der Waals surface area contributed by atoms with Crippen molar-refractivity contribution in [3.8, 4) is 0 Å². The number of fused-ring (bicyclic) bond motifs is 2. The van der Waals surface area contributed by atoms with Crippen molar-refractivity contribution in [2.24, 2.45) is 35.5 Å². The highest BCUT2D eigenvalue weighted by Gasteiger charge is 2.48. The molecule has 0 aliphatic heterocycles. The molecule has 48 heavy (non-hydrogen) atoms. The highest BCUT2D eigenvalue weighted by Crippen LogP contribution is 2.48. The summed E-state index contributed by atoms with van der Waals surface area (Å²) in [5.74, 6) is 1.23. The third-order valence-corrected chi connectivity index (χ3v) is 11.2. The van der Waals surface area contributed by atoms with E-state index in [1.807, 2.05) is 38.2 Å². The second-order valence-electron chi connectivity index (χ2n) is 15.7. The maximum Gasteiger partial charge on any atom is 0.224 e. The third kappa shape index (κ3) is 8.66. The minimum atomic E-state index is -0.674. The minimum Gasteiger partial charge on any atom is -0.353 e. The molecule has 0 heterocycles. The average Bonchev–Trinajstić information content (AvgIpc) is 3.87. The Bertz CT molecular complexity index is 1460. The van der Waals surface area contributed by atoms with Crippen molar-refractivity contribution in [1.82, 2.24) is 21.3 Å². The highest BCUT2D eigenvalue weighted by molar-refractivity contribution is 5.86. The second kappa shape index (κ2) is 14.8. The first kappa shape index (κ1) is 35.6. The Labute approximate surface area is 287 Å². The van der Waals surface area contributed by atoms with Gasteiger partial charge in [0, 0.05) is 54.8 Å². The van der Waals surface area contributed by atoms with Crippen LogP contribution in [0.2, 0.25) is 0 Å². The molecule has 260 valence electrons. The Morgan fingerprint density at radius 3 is 2.29 bits per heavy atom. The molecule has 0 aromatic heterocycles. The quantitative estimate of drug-likeness (QED) is 0.190. The molecular weight excluding hydrogens is 600 g/mol. The van der Waals surface area contributed by atoms with E-state index in [2.05, 4.69) is 79.3 Å². The van der Waals surface area contributed by atoms with Gasteiger partial charge in [-0.1, -0.05) is 69.4 Å². The van der Waals surface area contributed by atoms with Gasteiger partial charge in [0.15, 0.2) is 0 Å². The number of allylic oxidation sites excluding steroid dienone is 9. The Balaban J connectivity index is 1.24. The van der Waals surface area contributed by atoms with Crippen molar-refractivity contribution in [3.63, 3.8) is 0 Å². The summed E-state index contributed by atoms with van der Waals surface area (Å²) in [6.45, 7) is 12.9. The number of nitrogens with one attached hydrogen (secondary N) is 4. The fourth-order valence-corrected chi connectivity index (χ4v) is 8.09. The van der Waals surface area contributed by atoms with Gasteiger partial charge in [0.2, 0.25) is 23.6 Å². The van der Waals surface area contributed by atoms with Crippen LogP contribution < -0.4 is 21.3 Å². The second-order valence-corrected chi connectivity index (χ2v) is 15.7. The van der Waals surface area contributed by atoms with Crippen molar-refractivity contribution in [2.75, 3.05) is 0 Å². The van der Waals surface area contributed by atoms with Crippen molar-refractivity contribution in [3.05, 3.63) is 71.5 Å². The lowest BCUT2D eigenvalue weighted by Gasteiger charge is -2.46. The molecule has 1 fully saturated rings. The smallest absolute Gasteiger partial charge is 0.224 e. The Morgan fingerprint density at radius 2 is 1.54 bits per heavy atom. The van der Waals surface area contributed by atoms with Gasteiger partial charge in [-0.3, -0.25) is 19.2 Å². The van der Waals surface area contributed by atoms with Crippen LogP contribution in [-0.4, -0.2) is 40.7 Å². The normalized spacial score (nSPS) is 30.8. The molecule has 7 atom stereocenters. The van der Waals surface area contributed by atoms with Crippen molar-refractivity contribution in [1.29, 1.82) is 0 Å². The fourth-order valence-electron chi connectivity index (χ4n) is 8.09. The van der Waals surface area contributed by atoms with Gasteiger partial charge < -0.3 is 21.3 Å². The molecule has 0 saturated heterocycles. The number of carbonyl (C=O) groups is 4. The van der Waals surface area contributed by atoms with E-state index in [0.717, 1.165) is 42.5 Å². The van der Waals surface area contributed by atoms with Crippen LogP contribution in [0.15, 0.2) is 71.5 Å². The fraction of sp³-hybridized carbons (Fsp3) is 0.600. The van der Waals surface area contributed by atoms with E-state index in [0.29, 0.717) is 30.1 Å². The maximum absolute atomic E-state index is 13.5. The SMILES string of the molecule is CC1C=CC(NC(=O)CCC(=O)NC(C)(C)CC2=CC(C)C(C)C3CCC=CC3C2(C)NC(=O)CCC(=O)NC2CC2)=C2C=CC=CC21. The van der Waals surface area contributed by atoms with Crippen LogP contribution in [-0.2, 0) is 19.2 Å². The number of hydrogen-bond donors (Lipinski definition) is 4. The monoisotopic (exact) mass is 656 g/mol. The van der Waals surface area contributed by atoms with Crippen LogP contribution in [0.1, 0.15) is 99.3 Å². The van der Waals surface area contributed by atoms with Crippen molar-refractivity contribution < 1.29 is 19.2 Å². The number of carbonyl (C=O) groups excluding carboxylic acids is 4. The molecule has 4 amide bonds. The molecule has 0 bridgehead atoms. The van der Waals surface area contributed by atoms with E-state index in [9.17, 15) is 19.2 Å². The lowest BCUT2D eigenvalue weighted by molar-refractivity contribution is -0.127. The van der Waals surface area contributed by atoms with Gasteiger partial charge in [0.25, 0.3) is 0 Å². The zero-order valence-corrected chi connectivity index (χ0v) is 29.7. The van der Waals surface area contributed by atoms with E-state index in [4.69, 9.17) is 0 Å². The standard InChI is InChI=1S/C40H56N4O4/c1-25-15-18-34(32-13-8-7-11-30(25)32)42-36(46)20-21-37(47)43-39(4,5)24-28-23-26(2)27(3)31-12-9-10-14-33(31)40(28,6)44-38(48)22-19-35(45)41-29-16-17-29/h7-8,10-11,13-15,18,23,25-27,29-31,33H,9,12,16-17,19-22,24H2,1-6H3,(H,41,45)(H,42,46)(H,43,47)(H,44,48). The first-order valence-electron chi connectivity index (χ1n) is 18.1. The van der Waals surface area contributed by atoms with Crippen LogP contribution >= 0.6 is 0 Å². The van der Waals surface area contributed by atoms with E-state index in [1.54, 1.807) is 0 Å². The topological polar surface area (TPSA) is 116 Å². The van der Waals surface area contributed by atoms with Gasteiger partial charge in [-0.25, -0.2) is 0 Å². The maximum atomic E-state index is 13.5. The number of rotatable bonds is 12. The predicted octanol–water partition coefficient (Wildman–Crippen LogP) is 6.10. The molecule has 8 nitrogen and oxygen atoms in total.